The number of carbonyl (C=O) groups excluding carboxylic acids is 1. The summed E-state index contributed by atoms with van der Waals surface area (Å²) in [6, 6.07) is 3.12. The van der Waals surface area contributed by atoms with Gasteiger partial charge in [0, 0.05) is 18.5 Å². The monoisotopic (exact) mass is 252 g/mol. The molecule has 0 radical (unpaired) electrons. The van der Waals surface area contributed by atoms with E-state index in [2.05, 4.69) is 11.9 Å². The minimum absolute atomic E-state index is 0.0374. The van der Waals surface area contributed by atoms with E-state index < -0.39 is 0 Å². The van der Waals surface area contributed by atoms with Gasteiger partial charge in [-0.15, -0.1) is 11.8 Å². The van der Waals surface area contributed by atoms with E-state index in [1.165, 1.54) is 12.3 Å². The third kappa shape index (κ3) is 2.54. The highest BCUT2D eigenvalue weighted by atomic mass is 32.2. The predicted molar refractivity (Wildman–Crippen MR) is 68.1 cm³/mol. The maximum absolute atomic E-state index is 12.2. The van der Waals surface area contributed by atoms with Crippen LogP contribution in [0.25, 0.3) is 0 Å². The fraction of sp³-hybridized carbons (Fsp3) is 0.500. The van der Waals surface area contributed by atoms with E-state index in [1.54, 1.807) is 17.8 Å². The van der Waals surface area contributed by atoms with Crippen molar-refractivity contribution in [1.29, 1.82) is 0 Å². The van der Waals surface area contributed by atoms with Crippen LogP contribution in [0.1, 0.15) is 30.3 Å². The number of amides is 1. The van der Waals surface area contributed by atoms with Crippen molar-refractivity contribution < 1.29 is 9.90 Å². The van der Waals surface area contributed by atoms with Gasteiger partial charge in [0.1, 0.15) is 5.75 Å². The van der Waals surface area contributed by atoms with Crippen LogP contribution in [0.15, 0.2) is 18.3 Å². The zero-order valence-corrected chi connectivity index (χ0v) is 10.6. The summed E-state index contributed by atoms with van der Waals surface area (Å²) in [7, 11) is 0. The number of aromatic nitrogens is 1. The van der Waals surface area contributed by atoms with Gasteiger partial charge in [0.25, 0.3) is 5.91 Å². The summed E-state index contributed by atoms with van der Waals surface area (Å²) in [6.07, 6.45) is 3.57. The summed E-state index contributed by atoms with van der Waals surface area (Å²) in [4.78, 5) is 18.0. The molecule has 0 unspecified atom stereocenters. The number of carbonyl (C=O) groups is 1. The first-order chi connectivity index (χ1) is 8.24. The van der Waals surface area contributed by atoms with Gasteiger partial charge in [-0.1, -0.05) is 13.3 Å². The van der Waals surface area contributed by atoms with Crippen LogP contribution in [0.5, 0.6) is 5.75 Å². The lowest BCUT2D eigenvalue weighted by atomic mass is 10.2. The molecule has 5 heteroatoms. The number of thioether (sulfide) groups is 1. The fourth-order valence-corrected chi connectivity index (χ4v) is 3.29. The molecule has 4 nitrogen and oxygen atoms in total. The lowest BCUT2D eigenvalue weighted by molar-refractivity contribution is 0.0747. The molecule has 0 saturated carbocycles. The molecule has 17 heavy (non-hydrogen) atoms. The van der Waals surface area contributed by atoms with Gasteiger partial charge in [-0.25, -0.2) is 4.98 Å². The summed E-state index contributed by atoms with van der Waals surface area (Å²) in [5, 5.41) is 9.87. The van der Waals surface area contributed by atoms with Crippen molar-refractivity contribution in [2.45, 2.75) is 25.1 Å². The summed E-state index contributed by atoms with van der Waals surface area (Å²) >= 11 is 1.80. The highest BCUT2D eigenvalue weighted by Gasteiger charge is 2.31. The van der Waals surface area contributed by atoms with Crippen molar-refractivity contribution in [3.8, 4) is 5.75 Å². The Morgan fingerprint density at radius 1 is 1.71 bits per heavy atom. The second kappa shape index (κ2) is 5.40. The number of pyridine rings is 1. The van der Waals surface area contributed by atoms with Crippen LogP contribution in [-0.4, -0.2) is 38.6 Å². The van der Waals surface area contributed by atoms with Crippen LogP contribution in [0.4, 0.5) is 0 Å². The van der Waals surface area contributed by atoms with E-state index in [0.717, 1.165) is 25.1 Å². The van der Waals surface area contributed by atoms with Gasteiger partial charge in [-0.2, -0.15) is 0 Å². The quantitative estimate of drug-likeness (QED) is 0.895. The third-order valence-electron chi connectivity index (χ3n) is 2.78. The number of hydrogen-bond donors (Lipinski definition) is 1. The average Bonchev–Trinajstić information content (AvgIpc) is 2.78. The first-order valence-corrected chi connectivity index (χ1v) is 6.85. The predicted octanol–water partition coefficient (Wildman–Crippen LogP) is 2.10. The third-order valence-corrected chi connectivity index (χ3v) is 4.07. The Morgan fingerprint density at radius 3 is 3.24 bits per heavy atom. The molecule has 2 rings (SSSR count). The van der Waals surface area contributed by atoms with E-state index >= 15 is 0 Å². The molecule has 1 amide bonds. The second-order valence-corrected chi connectivity index (χ2v) is 5.27. The summed E-state index contributed by atoms with van der Waals surface area (Å²) in [5.41, 5.74) is 0.163. The number of rotatable bonds is 3. The lowest BCUT2D eigenvalue weighted by Gasteiger charge is -2.23. The van der Waals surface area contributed by atoms with Crippen molar-refractivity contribution in [3.63, 3.8) is 0 Å². The Labute approximate surface area is 105 Å². The first kappa shape index (κ1) is 12.2. The smallest absolute Gasteiger partial charge is 0.277 e. The second-order valence-electron chi connectivity index (χ2n) is 3.98. The topological polar surface area (TPSA) is 53.4 Å². The molecule has 0 aliphatic carbocycles. The Balaban J connectivity index is 2.17. The fourth-order valence-electron chi connectivity index (χ4n) is 1.94. The summed E-state index contributed by atoms with van der Waals surface area (Å²) in [5.74, 6) is 0.764. The van der Waals surface area contributed by atoms with Crippen LogP contribution >= 0.6 is 11.8 Å². The molecule has 1 atom stereocenters. The molecule has 1 aromatic rings. The molecular formula is C12H16N2O2S. The molecule has 1 aliphatic heterocycles. The highest BCUT2D eigenvalue weighted by molar-refractivity contribution is 8.00. The van der Waals surface area contributed by atoms with Gasteiger partial charge in [0.2, 0.25) is 0 Å². The average molecular weight is 252 g/mol. The zero-order valence-electron chi connectivity index (χ0n) is 9.80. The van der Waals surface area contributed by atoms with Crippen LogP contribution < -0.4 is 0 Å². The Bertz CT molecular complexity index is 411. The van der Waals surface area contributed by atoms with Crippen LogP contribution in [-0.2, 0) is 0 Å². The van der Waals surface area contributed by atoms with Crippen molar-refractivity contribution >= 4 is 17.7 Å². The zero-order chi connectivity index (χ0) is 12.3. The highest BCUT2D eigenvalue weighted by Crippen LogP contribution is 2.29. The van der Waals surface area contributed by atoms with E-state index in [1.807, 2.05) is 4.90 Å². The van der Waals surface area contributed by atoms with Crippen molar-refractivity contribution in [1.82, 2.24) is 9.88 Å². The Hall–Kier alpha value is -1.23. The van der Waals surface area contributed by atoms with Gasteiger partial charge in [0.15, 0.2) is 5.69 Å². The van der Waals surface area contributed by atoms with Gasteiger partial charge in [0.05, 0.1) is 5.37 Å². The largest absolute Gasteiger partial charge is 0.505 e. The van der Waals surface area contributed by atoms with Crippen LogP contribution in [0, 0.1) is 0 Å². The van der Waals surface area contributed by atoms with E-state index in [0.29, 0.717) is 0 Å². The van der Waals surface area contributed by atoms with Gasteiger partial charge in [-0.05, 0) is 18.6 Å². The minimum atomic E-state index is -0.161. The standard InChI is InChI=1S/C12H16N2O2S/c1-2-4-10-14(7-8-17-10)12(16)11-9(15)5-3-6-13-11/h3,5-6,10,15H,2,4,7-8H2,1H3/t10-/m1/s1. The maximum Gasteiger partial charge on any atom is 0.277 e. The van der Waals surface area contributed by atoms with Gasteiger partial charge >= 0.3 is 0 Å². The molecule has 1 fully saturated rings. The van der Waals surface area contributed by atoms with E-state index in [4.69, 9.17) is 0 Å². The number of hydrogen-bond acceptors (Lipinski definition) is 4. The summed E-state index contributed by atoms with van der Waals surface area (Å²) in [6.45, 7) is 2.85. The first-order valence-electron chi connectivity index (χ1n) is 5.80. The van der Waals surface area contributed by atoms with Gasteiger partial charge in [-0.3, -0.25) is 4.79 Å². The van der Waals surface area contributed by atoms with Crippen molar-refractivity contribution in [3.05, 3.63) is 24.0 Å². The Kier molecular flexibility index (Phi) is 3.89. The normalized spacial score (nSPS) is 19.6. The summed E-state index contributed by atoms with van der Waals surface area (Å²) < 4.78 is 0. The Morgan fingerprint density at radius 2 is 2.53 bits per heavy atom. The molecule has 1 aliphatic rings. The van der Waals surface area contributed by atoms with Crippen molar-refractivity contribution in [2.75, 3.05) is 12.3 Å². The molecule has 1 aromatic heterocycles. The molecule has 0 bridgehead atoms. The minimum Gasteiger partial charge on any atom is -0.505 e. The molecular weight excluding hydrogens is 236 g/mol. The van der Waals surface area contributed by atoms with Crippen molar-refractivity contribution in [2.24, 2.45) is 0 Å². The molecule has 92 valence electrons. The molecule has 0 spiro atoms. The van der Waals surface area contributed by atoms with Crippen LogP contribution in [0.2, 0.25) is 0 Å². The maximum atomic E-state index is 12.2. The lowest BCUT2D eigenvalue weighted by Crippen LogP contribution is -2.35. The van der Waals surface area contributed by atoms with Gasteiger partial charge < -0.3 is 10.0 Å². The van der Waals surface area contributed by atoms with E-state index in [-0.39, 0.29) is 22.7 Å². The molecule has 1 saturated heterocycles. The van der Waals surface area contributed by atoms with E-state index in [9.17, 15) is 9.90 Å². The molecule has 2 heterocycles. The SMILES string of the molecule is CCC[C@H]1SCCN1C(=O)c1ncccc1O. The number of nitrogens with zero attached hydrogens (tertiary/aromatic N) is 2. The molecule has 1 N–H and O–H groups in total. The van der Waals surface area contributed by atoms with Crippen LogP contribution in [0.3, 0.4) is 0 Å². The number of aromatic hydroxyl groups is 1. The molecule has 0 aromatic carbocycles.